The number of nitro groups is 1. The fourth-order valence-corrected chi connectivity index (χ4v) is 1.09. The molecule has 0 aliphatic rings. The van der Waals surface area contributed by atoms with Crippen LogP contribution in [0.3, 0.4) is 0 Å². The normalized spacial score (nSPS) is 12.3. The quantitative estimate of drug-likeness (QED) is 0.514. The van der Waals surface area contributed by atoms with Crippen molar-refractivity contribution in [3.8, 4) is 11.5 Å². The van der Waals surface area contributed by atoms with Crippen LogP contribution in [0.5, 0.6) is 11.5 Å². The van der Waals surface area contributed by atoms with Gasteiger partial charge < -0.3 is 20.0 Å². The maximum absolute atomic E-state index is 12.5. The average Bonchev–Trinajstić information content (AvgIpc) is 2.11. The molecule has 0 aliphatic heterocycles. The van der Waals surface area contributed by atoms with Gasteiger partial charge in [-0.15, -0.1) is 13.2 Å². The molecule has 0 aromatic carbocycles. The third-order valence-corrected chi connectivity index (χ3v) is 1.67. The first-order valence-electron chi connectivity index (χ1n) is 4.12. The summed E-state index contributed by atoms with van der Waals surface area (Å²) in [6, 6.07) is 0. The molecule has 0 aliphatic carbocycles. The molecule has 0 unspecified atom stereocenters. The number of aromatic nitrogens is 1. The number of halogens is 6. The summed E-state index contributed by atoms with van der Waals surface area (Å²) in [7, 11) is 0. The topological polar surface area (TPSA) is 85.5 Å². The van der Waals surface area contributed by atoms with Crippen LogP contribution in [0.25, 0.3) is 0 Å². The largest absolute Gasteiger partial charge is 0.573 e. The summed E-state index contributed by atoms with van der Waals surface area (Å²) in [5.74, 6) is -5.76. The van der Waals surface area contributed by atoms with Crippen molar-refractivity contribution < 1.29 is 41.1 Å². The molecule has 0 saturated heterocycles. The van der Waals surface area contributed by atoms with Crippen molar-refractivity contribution in [1.29, 1.82) is 0 Å². The summed E-state index contributed by atoms with van der Waals surface area (Å²) >= 11 is 0. The lowest BCUT2D eigenvalue weighted by atomic mass is 10.2. The second-order valence-electron chi connectivity index (χ2n) is 2.97. The Hall–Kier alpha value is -2.27. The van der Waals surface area contributed by atoms with Crippen molar-refractivity contribution in [1.82, 2.24) is 4.98 Å². The third kappa shape index (κ3) is 3.35. The number of rotatable bonds is 2. The van der Waals surface area contributed by atoms with Crippen LogP contribution in [0.15, 0.2) is 6.20 Å². The van der Waals surface area contributed by atoms with Gasteiger partial charge in [-0.3, -0.25) is 0 Å². The minimum absolute atomic E-state index is 0.00416. The van der Waals surface area contributed by atoms with E-state index in [1.165, 1.54) is 0 Å². The van der Waals surface area contributed by atoms with Crippen LogP contribution in [0.2, 0.25) is 0 Å². The SMILES string of the molecule is O=[N+]([O-])c1ncc(O)c(C(F)(F)F)c1OC(F)(F)F. The van der Waals surface area contributed by atoms with Crippen molar-refractivity contribution in [2.24, 2.45) is 0 Å². The molecule has 1 aromatic heterocycles. The Balaban J connectivity index is 3.60. The molecule has 1 N–H and O–H groups in total. The minimum atomic E-state index is -5.62. The summed E-state index contributed by atoms with van der Waals surface area (Å²) in [5.41, 5.74) is -2.33. The van der Waals surface area contributed by atoms with Gasteiger partial charge in [-0.1, -0.05) is 0 Å². The lowest BCUT2D eigenvalue weighted by Crippen LogP contribution is -2.21. The van der Waals surface area contributed by atoms with Gasteiger partial charge in [-0.2, -0.15) is 13.2 Å². The molecule has 1 aromatic rings. The maximum Gasteiger partial charge on any atom is 0.573 e. The highest BCUT2D eigenvalue weighted by atomic mass is 19.4. The molecule has 1 heterocycles. The predicted molar refractivity (Wildman–Crippen MR) is 44.2 cm³/mol. The fourth-order valence-electron chi connectivity index (χ4n) is 1.09. The number of ether oxygens (including phenoxy) is 1. The van der Waals surface area contributed by atoms with Crippen molar-refractivity contribution in [3.63, 3.8) is 0 Å². The Morgan fingerprint density at radius 1 is 1.26 bits per heavy atom. The molecule has 0 radical (unpaired) electrons. The van der Waals surface area contributed by atoms with Crippen LogP contribution >= 0.6 is 0 Å². The predicted octanol–water partition coefficient (Wildman–Crippen LogP) is 2.61. The zero-order chi connectivity index (χ0) is 15.0. The lowest BCUT2D eigenvalue weighted by Gasteiger charge is -2.15. The van der Waals surface area contributed by atoms with E-state index in [4.69, 9.17) is 5.11 Å². The standard InChI is InChI=1S/C7H2F6N2O4/c8-6(9,10)3-2(16)1-14-5(15(17)18)4(3)19-7(11,12)13/h1,16H. The van der Waals surface area contributed by atoms with Crippen LogP contribution in [0.1, 0.15) is 5.56 Å². The highest BCUT2D eigenvalue weighted by molar-refractivity contribution is 5.53. The molecular weight excluding hydrogens is 290 g/mol. The Morgan fingerprint density at radius 3 is 2.16 bits per heavy atom. The maximum atomic E-state index is 12.5. The Bertz CT molecular complexity index is 512. The van der Waals surface area contributed by atoms with E-state index in [1.54, 1.807) is 0 Å². The van der Waals surface area contributed by atoms with Crippen LogP contribution in [-0.2, 0) is 6.18 Å². The van der Waals surface area contributed by atoms with Crippen molar-refractivity contribution in [2.45, 2.75) is 12.5 Å². The van der Waals surface area contributed by atoms with Crippen LogP contribution in [0.4, 0.5) is 32.2 Å². The molecular formula is C7H2F6N2O4. The van der Waals surface area contributed by atoms with Crippen LogP contribution in [0, 0.1) is 10.1 Å². The molecule has 6 nitrogen and oxygen atoms in total. The van der Waals surface area contributed by atoms with Crippen molar-refractivity contribution in [3.05, 3.63) is 21.9 Å². The Kier molecular flexibility index (Phi) is 3.45. The van der Waals surface area contributed by atoms with Gasteiger partial charge in [0.15, 0.2) is 17.5 Å². The average molecular weight is 292 g/mol. The second-order valence-corrected chi connectivity index (χ2v) is 2.97. The highest BCUT2D eigenvalue weighted by Gasteiger charge is 2.46. The van der Waals surface area contributed by atoms with Crippen molar-refractivity contribution >= 4 is 5.82 Å². The molecule has 0 spiro atoms. The number of alkyl halides is 6. The molecule has 19 heavy (non-hydrogen) atoms. The number of nitrogens with zero attached hydrogens (tertiary/aromatic N) is 2. The molecule has 0 atom stereocenters. The molecule has 0 fully saturated rings. The van der Waals surface area contributed by atoms with Crippen LogP contribution < -0.4 is 4.74 Å². The summed E-state index contributed by atoms with van der Waals surface area (Å²) in [5, 5.41) is 19.2. The van der Waals surface area contributed by atoms with Gasteiger partial charge in [0.2, 0.25) is 5.75 Å². The number of pyridine rings is 1. The zero-order valence-electron chi connectivity index (χ0n) is 8.41. The number of hydrogen-bond donors (Lipinski definition) is 1. The summed E-state index contributed by atoms with van der Waals surface area (Å²) in [4.78, 5) is 11.4. The molecule has 1 rings (SSSR count). The minimum Gasteiger partial charge on any atom is -0.504 e. The summed E-state index contributed by atoms with van der Waals surface area (Å²) in [6.07, 6.45) is -11.1. The zero-order valence-corrected chi connectivity index (χ0v) is 8.41. The van der Waals surface area contributed by atoms with Gasteiger partial charge >= 0.3 is 18.4 Å². The molecule has 0 amide bonds. The van der Waals surface area contributed by atoms with Gasteiger partial charge in [-0.05, 0) is 9.91 Å². The van der Waals surface area contributed by atoms with E-state index in [9.17, 15) is 36.5 Å². The monoisotopic (exact) mass is 292 g/mol. The summed E-state index contributed by atoms with van der Waals surface area (Å²) in [6.45, 7) is 0. The van der Waals surface area contributed by atoms with E-state index in [0.29, 0.717) is 0 Å². The number of aromatic hydroxyl groups is 1. The molecule has 0 saturated carbocycles. The lowest BCUT2D eigenvalue weighted by molar-refractivity contribution is -0.393. The Morgan fingerprint density at radius 2 is 1.79 bits per heavy atom. The molecule has 106 valence electrons. The molecule has 12 heteroatoms. The first-order valence-corrected chi connectivity index (χ1v) is 4.12. The summed E-state index contributed by atoms with van der Waals surface area (Å²) < 4.78 is 76.2. The van der Waals surface area contributed by atoms with Crippen molar-refractivity contribution in [2.75, 3.05) is 0 Å². The smallest absolute Gasteiger partial charge is 0.504 e. The van der Waals surface area contributed by atoms with E-state index in [1.807, 2.05) is 0 Å². The first-order chi connectivity index (χ1) is 8.43. The first kappa shape index (κ1) is 14.8. The van der Waals surface area contributed by atoms with E-state index in [2.05, 4.69) is 9.72 Å². The van der Waals surface area contributed by atoms with Crippen LogP contribution in [-0.4, -0.2) is 21.4 Å². The number of hydrogen-bond acceptors (Lipinski definition) is 5. The van der Waals surface area contributed by atoms with Gasteiger partial charge in [-0.25, -0.2) is 0 Å². The van der Waals surface area contributed by atoms with Gasteiger partial charge in [0, 0.05) is 0 Å². The second kappa shape index (κ2) is 4.44. The third-order valence-electron chi connectivity index (χ3n) is 1.67. The van der Waals surface area contributed by atoms with E-state index in [-0.39, 0.29) is 6.20 Å². The van der Waals surface area contributed by atoms with Gasteiger partial charge in [0.1, 0.15) is 0 Å². The van der Waals surface area contributed by atoms with Gasteiger partial charge in [0.25, 0.3) is 0 Å². The fraction of sp³-hybridized carbons (Fsp3) is 0.286. The van der Waals surface area contributed by atoms with E-state index in [0.717, 1.165) is 0 Å². The van der Waals surface area contributed by atoms with Gasteiger partial charge in [0.05, 0.1) is 0 Å². The van der Waals surface area contributed by atoms with E-state index < -0.39 is 40.3 Å². The molecule has 0 bridgehead atoms. The Labute approximate surface area is 98.9 Å². The van der Waals surface area contributed by atoms with E-state index >= 15 is 0 Å². The highest BCUT2D eigenvalue weighted by Crippen LogP contribution is 2.46.